The highest BCUT2D eigenvalue weighted by molar-refractivity contribution is 9.10. The van der Waals surface area contributed by atoms with Gasteiger partial charge in [-0.05, 0) is 35.0 Å². The van der Waals surface area contributed by atoms with Gasteiger partial charge in [-0.25, -0.2) is 4.98 Å². The fourth-order valence-electron chi connectivity index (χ4n) is 0.971. The van der Waals surface area contributed by atoms with Gasteiger partial charge in [-0.2, -0.15) is 5.26 Å². The minimum Gasteiger partial charge on any atom is -0.325 e. The van der Waals surface area contributed by atoms with Crippen molar-refractivity contribution in [2.24, 2.45) is 0 Å². The predicted octanol–water partition coefficient (Wildman–Crippen LogP) is 1.83. The van der Waals surface area contributed by atoms with Crippen LogP contribution in [-0.4, -0.2) is 28.9 Å². The van der Waals surface area contributed by atoms with E-state index in [0.29, 0.717) is 10.3 Å². The summed E-state index contributed by atoms with van der Waals surface area (Å²) < 4.78 is 0.603. The minimum absolute atomic E-state index is 0.259. The Labute approximate surface area is 96.7 Å². The van der Waals surface area contributed by atoms with Gasteiger partial charge in [0.2, 0.25) is 0 Å². The Morgan fingerprint density at radius 1 is 1.67 bits per heavy atom. The molecule has 0 aromatic carbocycles. The summed E-state index contributed by atoms with van der Waals surface area (Å²) in [5.74, 6) is -0.259. The Kier molecular flexibility index (Phi) is 3.81. The smallest absolute Gasteiger partial charge is 0.273 e. The molecular formula is C10H10BrN3O. The number of nitrogens with zero attached hydrogens (tertiary/aromatic N) is 3. The van der Waals surface area contributed by atoms with Gasteiger partial charge in [0, 0.05) is 7.05 Å². The van der Waals surface area contributed by atoms with Gasteiger partial charge in [-0.15, -0.1) is 0 Å². The molecule has 0 N–H and O–H groups in total. The molecule has 0 bridgehead atoms. The quantitative estimate of drug-likeness (QED) is 0.769. The number of carbonyl (C=O) groups is 1. The average Bonchev–Trinajstić information content (AvgIpc) is 2.26. The van der Waals surface area contributed by atoms with Crippen LogP contribution in [0.15, 0.2) is 22.8 Å². The Morgan fingerprint density at radius 3 is 2.87 bits per heavy atom. The van der Waals surface area contributed by atoms with Crippen LogP contribution in [0.4, 0.5) is 0 Å². The third kappa shape index (κ3) is 2.77. The summed E-state index contributed by atoms with van der Waals surface area (Å²) in [6.07, 6.45) is 0. The fourth-order valence-corrected chi connectivity index (χ4v) is 1.31. The van der Waals surface area contributed by atoms with Crippen molar-refractivity contribution >= 4 is 21.8 Å². The highest BCUT2D eigenvalue weighted by Crippen LogP contribution is 2.09. The van der Waals surface area contributed by atoms with Crippen molar-refractivity contribution in [3.8, 4) is 6.07 Å². The molecule has 1 aromatic heterocycles. The van der Waals surface area contributed by atoms with E-state index in [4.69, 9.17) is 5.26 Å². The topological polar surface area (TPSA) is 57.0 Å². The van der Waals surface area contributed by atoms with Crippen LogP contribution in [0.3, 0.4) is 0 Å². The van der Waals surface area contributed by atoms with Gasteiger partial charge in [0.15, 0.2) is 0 Å². The molecule has 15 heavy (non-hydrogen) atoms. The Morgan fingerprint density at radius 2 is 2.33 bits per heavy atom. The van der Waals surface area contributed by atoms with Crippen LogP contribution in [0.25, 0.3) is 0 Å². The molecule has 0 fully saturated rings. The number of pyridine rings is 1. The summed E-state index contributed by atoms with van der Waals surface area (Å²) in [6.45, 7) is 1.66. The normalized spacial score (nSPS) is 11.6. The van der Waals surface area contributed by atoms with Crippen LogP contribution >= 0.6 is 15.9 Å². The van der Waals surface area contributed by atoms with Gasteiger partial charge < -0.3 is 4.90 Å². The first-order chi connectivity index (χ1) is 7.06. The number of hydrogen-bond donors (Lipinski definition) is 0. The molecule has 1 aromatic rings. The van der Waals surface area contributed by atoms with E-state index in [0.717, 1.165) is 0 Å². The molecule has 0 radical (unpaired) electrons. The van der Waals surface area contributed by atoms with Crippen LogP contribution in [0.2, 0.25) is 0 Å². The van der Waals surface area contributed by atoms with E-state index in [-0.39, 0.29) is 5.91 Å². The second-order valence-electron chi connectivity index (χ2n) is 3.07. The minimum atomic E-state index is -0.460. The van der Waals surface area contributed by atoms with Crippen molar-refractivity contribution in [3.05, 3.63) is 28.5 Å². The largest absolute Gasteiger partial charge is 0.325 e. The molecule has 0 aliphatic rings. The first-order valence-corrected chi connectivity index (χ1v) is 5.15. The molecule has 1 atom stereocenters. The second-order valence-corrected chi connectivity index (χ2v) is 3.88. The van der Waals surface area contributed by atoms with Crippen molar-refractivity contribution in [2.75, 3.05) is 7.05 Å². The summed E-state index contributed by atoms with van der Waals surface area (Å²) in [4.78, 5) is 17.2. The standard InChI is InChI=1S/C10H10BrN3O/c1-7(6-12)14(2)10(15)8-4-3-5-9(11)13-8/h3-5,7H,1-2H3. The fraction of sp³-hybridized carbons (Fsp3) is 0.300. The van der Waals surface area contributed by atoms with Gasteiger partial charge in [-0.1, -0.05) is 6.07 Å². The Balaban J connectivity index is 2.91. The number of amides is 1. The first-order valence-electron chi connectivity index (χ1n) is 4.35. The maximum atomic E-state index is 11.8. The van der Waals surface area contributed by atoms with Crippen LogP contribution in [0.1, 0.15) is 17.4 Å². The highest BCUT2D eigenvalue weighted by Gasteiger charge is 2.17. The third-order valence-electron chi connectivity index (χ3n) is 2.02. The number of halogens is 1. The molecule has 0 aliphatic heterocycles. The highest BCUT2D eigenvalue weighted by atomic mass is 79.9. The maximum absolute atomic E-state index is 11.8. The zero-order chi connectivity index (χ0) is 11.4. The maximum Gasteiger partial charge on any atom is 0.273 e. The molecule has 1 heterocycles. The monoisotopic (exact) mass is 267 g/mol. The molecule has 1 rings (SSSR count). The molecule has 0 spiro atoms. The number of hydrogen-bond acceptors (Lipinski definition) is 3. The van der Waals surface area contributed by atoms with Crippen molar-refractivity contribution in [1.29, 1.82) is 5.26 Å². The van der Waals surface area contributed by atoms with Crippen LogP contribution in [0.5, 0.6) is 0 Å². The zero-order valence-corrected chi connectivity index (χ0v) is 10.0. The van der Waals surface area contributed by atoms with E-state index in [9.17, 15) is 4.79 Å². The lowest BCUT2D eigenvalue weighted by molar-refractivity contribution is 0.0767. The average molecular weight is 268 g/mol. The van der Waals surface area contributed by atoms with Crippen molar-refractivity contribution in [3.63, 3.8) is 0 Å². The number of nitriles is 1. The van der Waals surface area contributed by atoms with E-state index >= 15 is 0 Å². The summed E-state index contributed by atoms with van der Waals surface area (Å²) in [7, 11) is 1.58. The van der Waals surface area contributed by atoms with Gasteiger partial charge in [0.25, 0.3) is 5.91 Å². The van der Waals surface area contributed by atoms with Gasteiger partial charge >= 0.3 is 0 Å². The van der Waals surface area contributed by atoms with E-state index in [2.05, 4.69) is 20.9 Å². The molecular weight excluding hydrogens is 258 g/mol. The van der Waals surface area contributed by atoms with E-state index in [1.54, 1.807) is 32.2 Å². The lowest BCUT2D eigenvalue weighted by atomic mass is 10.2. The van der Waals surface area contributed by atoms with Gasteiger partial charge in [0.05, 0.1) is 6.07 Å². The van der Waals surface area contributed by atoms with Gasteiger partial charge in [-0.3, -0.25) is 4.79 Å². The first kappa shape index (κ1) is 11.7. The van der Waals surface area contributed by atoms with E-state index in [1.807, 2.05) is 6.07 Å². The Bertz CT molecular complexity index is 413. The molecule has 0 saturated carbocycles. The molecule has 0 saturated heterocycles. The number of aromatic nitrogens is 1. The van der Waals surface area contributed by atoms with Crippen LogP contribution in [0, 0.1) is 11.3 Å². The lowest BCUT2D eigenvalue weighted by Gasteiger charge is -2.18. The second kappa shape index (κ2) is 4.89. The molecule has 78 valence electrons. The van der Waals surface area contributed by atoms with Crippen molar-refractivity contribution < 1.29 is 4.79 Å². The summed E-state index contributed by atoms with van der Waals surface area (Å²) in [5.41, 5.74) is 0.328. The van der Waals surface area contributed by atoms with Gasteiger partial charge in [0.1, 0.15) is 16.3 Å². The lowest BCUT2D eigenvalue weighted by Crippen LogP contribution is -2.34. The van der Waals surface area contributed by atoms with Crippen LogP contribution in [-0.2, 0) is 0 Å². The summed E-state index contributed by atoms with van der Waals surface area (Å²) in [5, 5.41) is 8.68. The molecule has 0 aliphatic carbocycles. The van der Waals surface area contributed by atoms with E-state index in [1.165, 1.54) is 4.90 Å². The number of rotatable bonds is 2. The molecule has 1 unspecified atom stereocenters. The SMILES string of the molecule is CC(C#N)N(C)C(=O)c1cccc(Br)n1. The van der Waals surface area contributed by atoms with Crippen molar-refractivity contribution in [1.82, 2.24) is 9.88 Å². The Hall–Kier alpha value is -1.41. The van der Waals surface area contributed by atoms with Crippen molar-refractivity contribution in [2.45, 2.75) is 13.0 Å². The molecule has 4 nitrogen and oxygen atoms in total. The molecule has 5 heteroatoms. The predicted molar refractivity (Wildman–Crippen MR) is 59.1 cm³/mol. The molecule has 1 amide bonds. The van der Waals surface area contributed by atoms with E-state index < -0.39 is 6.04 Å². The number of carbonyl (C=O) groups excluding carboxylic acids is 1. The summed E-state index contributed by atoms with van der Waals surface area (Å²) in [6, 6.07) is 6.63. The summed E-state index contributed by atoms with van der Waals surface area (Å²) >= 11 is 3.19. The van der Waals surface area contributed by atoms with Crippen LogP contribution < -0.4 is 0 Å². The zero-order valence-electron chi connectivity index (χ0n) is 8.44. The third-order valence-corrected chi connectivity index (χ3v) is 2.46.